The summed E-state index contributed by atoms with van der Waals surface area (Å²) in [5, 5.41) is 0. The zero-order chi connectivity index (χ0) is 11.3. The van der Waals surface area contributed by atoms with Crippen molar-refractivity contribution in [1.82, 2.24) is 9.80 Å². The first-order valence-corrected chi connectivity index (χ1v) is 5.61. The van der Waals surface area contributed by atoms with Crippen molar-refractivity contribution in [1.29, 1.82) is 0 Å². The Hall–Kier alpha value is -0.770. The molecule has 1 aliphatic heterocycles. The van der Waals surface area contributed by atoms with Gasteiger partial charge in [-0.25, -0.2) is 4.79 Å². The molecule has 1 rings (SSSR count). The maximum Gasteiger partial charge on any atom is 0.319 e. The Balaban J connectivity index is 2.20. The Morgan fingerprint density at radius 3 is 2.40 bits per heavy atom. The van der Waals surface area contributed by atoms with Gasteiger partial charge in [-0.1, -0.05) is 0 Å². The lowest BCUT2D eigenvalue weighted by Crippen LogP contribution is -2.37. The summed E-state index contributed by atoms with van der Waals surface area (Å²) in [5.41, 5.74) is 0. The summed E-state index contributed by atoms with van der Waals surface area (Å²) < 4.78 is 5.30. The minimum absolute atomic E-state index is 0.0852. The molecule has 0 bridgehead atoms. The molecule has 4 heteroatoms. The van der Waals surface area contributed by atoms with E-state index in [0.29, 0.717) is 0 Å². The molecular formula is C11H22N2O2. The van der Waals surface area contributed by atoms with Crippen molar-refractivity contribution in [2.24, 2.45) is 5.92 Å². The number of amides is 2. The number of ether oxygens (including phenoxy) is 1. The van der Waals surface area contributed by atoms with Crippen molar-refractivity contribution in [3.63, 3.8) is 0 Å². The van der Waals surface area contributed by atoms with E-state index in [1.165, 1.54) is 0 Å². The lowest BCUT2D eigenvalue weighted by Gasteiger charge is -2.26. The van der Waals surface area contributed by atoms with Gasteiger partial charge in [0.1, 0.15) is 0 Å². The van der Waals surface area contributed by atoms with Crippen LogP contribution in [0.3, 0.4) is 0 Å². The van der Waals surface area contributed by atoms with Gasteiger partial charge in [-0.05, 0) is 25.2 Å². The molecule has 0 aromatic carbocycles. The van der Waals surface area contributed by atoms with Gasteiger partial charge in [0.05, 0.1) is 0 Å². The predicted octanol–water partition coefficient (Wildman–Crippen LogP) is 1.42. The SMILES string of the molecule is CN(C)C(=O)N(C)CCC1CCOCC1. The molecule has 0 unspecified atom stereocenters. The standard InChI is InChI=1S/C11H22N2O2/c1-12(2)11(14)13(3)7-4-10-5-8-15-9-6-10/h10H,4-9H2,1-3H3. The Labute approximate surface area is 92.2 Å². The molecule has 4 nitrogen and oxygen atoms in total. The summed E-state index contributed by atoms with van der Waals surface area (Å²) in [6.07, 6.45) is 3.38. The van der Waals surface area contributed by atoms with Crippen molar-refractivity contribution in [2.75, 3.05) is 40.9 Å². The topological polar surface area (TPSA) is 32.8 Å². The maximum absolute atomic E-state index is 11.5. The van der Waals surface area contributed by atoms with Crippen molar-refractivity contribution >= 4 is 6.03 Å². The Bertz CT molecular complexity index is 201. The molecule has 1 heterocycles. The second-order valence-corrected chi connectivity index (χ2v) is 4.44. The van der Waals surface area contributed by atoms with Crippen LogP contribution >= 0.6 is 0 Å². The van der Waals surface area contributed by atoms with Crippen LogP contribution in [0.25, 0.3) is 0 Å². The van der Waals surface area contributed by atoms with Crippen molar-refractivity contribution in [3.05, 3.63) is 0 Å². The van der Waals surface area contributed by atoms with E-state index in [1.807, 2.05) is 7.05 Å². The molecule has 0 aliphatic carbocycles. The van der Waals surface area contributed by atoms with Crippen LogP contribution in [0.1, 0.15) is 19.3 Å². The van der Waals surface area contributed by atoms with Gasteiger partial charge in [0.15, 0.2) is 0 Å². The molecule has 2 amide bonds. The molecule has 1 saturated heterocycles. The highest BCUT2D eigenvalue weighted by Gasteiger charge is 2.16. The van der Waals surface area contributed by atoms with E-state index >= 15 is 0 Å². The average molecular weight is 214 g/mol. The monoisotopic (exact) mass is 214 g/mol. The number of carbonyl (C=O) groups excluding carboxylic acids is 1. The zero-order valence-electron chi connectivity index (χ0n) is 10.0. The molecule has 0 aromatic rings. The quantitative estimate of drug-likeness (QED) is 0.711. The number of urea groups is 1. The van der Waals surface area contributed by atoms with E-state index in [9.17, 15) is 4.79 Å². The summed E-state index contributed by atoms with van der Waals surface area (Å²) in [6.45, 7) is 2.62. The molecule has 0 saturated carbocycles. The fourth-order valence-electron chi connectivity index (χ4n) is 1.85. The van der Waals surface area contributed by atoms with E-state index in [4.69, 9.17) is 4.74 Å². The smallest absolute Gasteiger partial charge is 0.319 e. The summed E-state index contributed by atoms with van der Waals surface area (Å²) >= 11 is 0. The van der Waals surface area contributed by atoms with Crippen LogP contribution in [0.15, 0.2) is 0 Å². The van der Waals surface area contributed by atoms with Crippen molar-refractivity contribution in [2.45, 2.75) is 19.3 Å². The fourth-order valence-corrected chi connectivity index (χ4v) is 1.85. The van der Waals surface area contributed by atoms with E-state index in [2.05, 4.69) is 0 Å². The van der Waals surface area contributed by atoms with Crippen LogP contribution in [-0.2, 0) is 4.74 Å². The van der Waals surface area contributed by atoms with Crippen molar-refractivity contribution in [3.8, 4) is 0 Å². The van der Waals surface area contributed by atoms with Crippen LogP contribution < -0.4 is 0 Å². The highest BCUT2D eigenvalue weighted by Crippen LogP contribution is 2.18. The summed E-state index contributed by atoms with van der Waals surface area (Å²) in [4.78, 5) is 14.9. The van der Waals surface area contributed by atoms with Gasteiger partial charge in [0.2, 0.25) is 0 Å². The zero-order valence-corrected chi connectivity index (χ0v) is 10.0. The van der Waals surface area contributed by atoms with E-state index < -0.39 is 0 Å². The minimum Gasteiger partial charge on any atom is -0.381 e. The molecule has 88 valence electrons. The van der Waals surface area contributed by atoms with Gasteiger partial charge in [-0.2, -0.15) is 0 Å². The first-order chi connectivity index (χ1) is 7.11. The molecule has 0 spiro atoms. The lowest BCUT2D eigenvalue weighted by molar-refractivity contribution is 0.0615. The largest absolute Gasteiger partial charge is 0.381 e. The number of carbonyl (C=O) groups is 1. The summed E-state index contributed by atoms with van der Waals surface area (Å²) in [7, 11) is 5.43. The first kappa shape index (κ1) is 12.3. The van der Waals surface area contributed by atoms with Crippen LogP contribution in [0.2, 0.25) is 0 Å². The number of hydrogen-bond donors (Lipinski definition) is 0. The fraction of sp³-hybridized carbons (Fsp3) is 0.909. The Morgan fingerprint density at radius 2 is 1.87 bits per heavy atom. The van der Waals surface area contributed by atoms with Gasteiger partial charge in [-0.15, -0.1) is 0 Å². The first-order valence-electron chi connectivity index (χ1n) is 5.61. The van der Waals surface area contributed by atoms with E-state index in [1.54, 1.807) is 23.9 Å². The molecule has 0 radical (unpaired) electrons. The van der Waals surface area contributed by atoms with E-state index in [0.717, 1.165) is 44.9 Å². The number of hydrogen-bond acceptors (Lipinski definition) is 2. The van der Waals surface area contributed by atoms with E-state index in [-0.39, 0.29) is 6.03 Å². The van der Waals surface area contributed by atoms with Crippen LogP contribution in [0.5, 0.6) is 0 Å². The number of nitrogens with zero attached hydrogens (tertiary/aromatic N) is 2. The second kappa shape index (κ2) is 5.95. The maximum atomic E-state index is 11.5. The summed E-state index contributed by atoms with van der Waals surface area (Å²) in [5.74, 6) is 0.733. The number of rotatable bonds is 3. The summed E-state index contributed by atoms with van der Waals surface area (Å²) in [6, 6.07) is 0.0852. The molecule has 0 N–H and O–H groups in total. The van der Waals surface area contributed by atoms with Crippen LogP contribution in [-0.4, -0.2) is 56.7 Å². The second-order valence-electron chi connectivity index (χ2n) is 4.44. The van der Waals surface area contributed by atoms with Gasteiger partial charge < -0.3 is 14.5 Å². The van der Waals surface area contributed by atoms with Gasteiger partial charge >= 0.3 is 6.03 Å². The van der Waals surface area contributed by atoms with Gasteiger partial charge in [0, 0.05) is 40.9 Å². The van der Waals surface area contributed by atoms with Crippen LogP contribution in [0.4, 0.5) is 4.79 Å². The highest BCUT2D eigenvalue weighted by molar-refractivity contribution is 5.73. The van der Waals surface area contributed by atoms with Gasteiger partial charge in [0.25, 0.3) is 0 Å². The predicted molar refractivity (Wildman–Crippen MR) is 59.9 cm³/mol. The molecule has 1 fully saturated rings. The minimum atomic E-state index is 0.0852. The molecular weight excluding hydrogens is 192 g/mol. The third kappa shape index (κ3) is 4.08. The molecule has 1 aliphatic rings. The normalized spacial score (nSPS) is 17.5. The Kier molecular flexibility index (Phi) is 4.88. The molecule has 0 aromatic heterocycles. The third-order valence-electron chi connectivity index (χ3n) is 2.92. The van der Waals surface area contributed by atoms with Crippen LogP contribution in [0, 0.1) is 5.92 Å². The lowest BCUT2D eigenvalue weighted by atomic mass is 9.96. The third-order valence-corrected chi connectivity index (χ3v) is 2.92. The molecule has 0 atom stereocenters. The van der Waals surface area contributed by atoms with Crippen molar-refractivity contribution < 1.29 is 9.53 Å². The molecule has 15 heavy (non-hydrogen) atoms. The van der Waals surface area contributed by atoms with Gasteiger partial charge in [-0.3, -0.25) is 0 Å². The highest BCUT2D eigenvalue weighted by atomic mass is 16.5. The average Bonchev–Trinajstić information content (AvgIpc) is 2.26. The Morgan fingerprint density at radius 1 is 1.27 bits per heavy atom.